The van der Waals surface area contributed by atoms with Gasteiger partial charge in [-0.25, -0.2) is 19.6 Å². The van der Waals surface area contributed by atoms with Crippen LogP contribution in [0.15, 0.2) is 48.8 Å². The van der Waals surface area contributed by atoms with Gasteiger partial charge in [-0.3, -0.25) is 10.1 Å². The molecule has 0 saturated carbocycles. The summed E-state index contributed by atoms with van der Waals surface area (Å²) in [5, 5.41) is 17.7. The molecule has 4 rings (SSSR count). The third kappa shape index (κ3) is 11.7. The summed E-state index contributed by atoms with van der Waals surface area (Å²) in [6.45, 7) is 13.9. The Morgan fingerprint density at radius 3 is 2.18 bits per heavy atom. The first kappa shape index (κ1) is 38.7. The zero-order valence-corrected chi connectivity index (χ0v) is 30.8. The third-order valence-corrected chi connectivity index (χ3v) is 7.88. The number of hydrogen-bond acceptors (Lipinski definition) is 11. The van der Waals surface area contributed by atoms with Crippen LogP contribution < -0.4 is 25.6 Å². The molecular weight excluding hydrogens is 676 g/mol. The number of amides is 3. The van der Waals surface area contributed by atoms with E-state index in [2.05, 4.69) is 30.8 Å². The number of nitrogens with zero attached hydrogens (tertiary/aromatic N) is 5. The van der Waals surface area contributed by atoms with Gasteiger partial charge in [0.25, 0.3) is 0 Å². The van der Waals surface area contributed by atoms with Gasteiger partial charge in [-0.1, -0.05) is 23.7 Å². The molecule has 1 aliphatic heterocycles. The summed E-state index contributed by atoms with van der Waals surface area (Å²) in [6, 6.07) is 11.7. The topological polar surface area (TPSA) is 171 Å². The predicted octanol–water partition coefficient (Wildman–Crippen LogP) is 5.75. The average Bonchev–Trinajstić information content (AvgIpc) is 3.06. The Morgan fingerprint density at radius 1 is 0.941 bits per heavy atom. The molecule has 1 aromatic heterocycles. The van der Waals surface area contributed by atoms with Gasteiger partial charge in [-0.05, 0) is 76.9 Å². The number of halogens is 1. The number of anilines is 3. The molecule has 3 N–H and O–H groups in total. The van der Waals surface area contributed by atoms with E-state index >= 15 is 0 Å². The monoisotopic (exact) mass is 720 g/mol. The Labute approximate surface area is 303 Å². The Kier molecular flexibility index (Phi) is 12.7. The summed E-state index contributed by atoms with van der Waals surface area (Å²) in [5.41, 5.74) is 1.76. The van der Waals surface area contributed by atoms with E-state index in [9.17, 15) is 14.4 Å². The van der Waals surface area contributed by atoms with Gasteiger partial charge in [0, 0.05) is 49.9 Å². The van der Waals surface area contributed by atoms with Crippen LogP contribution >= 0.6 is 11.6 Å². The number of esters is 1. The molecule has 272 valence electrons. The van der Waals surface area contributed by atoms with E-state index in [4.69, 9.17) is 31.1 Å². The number of rotatable bonds is 10. The van der Waals surface area contributed by atoms with Crippen LogP contribution in [-0.4, -0.2) is 83.5 Å². The molecule has 2 heterocycles. The lowest BCUT2D eigenvalue weighted by atomic mass is 10.0. The fourth-order valence-corrected chi connectivity index (χ4v) is 5.35. The quantitative estimate of drug-likeness (QED) is 0.218. The molecule has 15 heteroatoms. The maximum absolute atomic E-state index is 13.4. The van der Waals surface area contributed by atoms with Crippen LogP contribution in [-0.2, 0) is 27.2 Å². The summed E-state index contributed by atoms with van der Waals surface area (Å²) in [4.78, 5) is 50.3. The van der Waals surface area contributed by atoms with Gasteiger partial charge in [0.2, 0.25) is 0 Å². The number of nitrogens with one attached hydrogen (secondary N) is 3. The Balaban J connectivity index is 1.41. The predicted molar refractivity (Wildman–Crippen MR) is 194 cm³/mol. The summed E-state index contributed by atoms with van der Waals surface area (Å²) < 4.78 is 16.8. The molecule has 3 amide bonds. The standard InChI is InChI=1S/C36H45ClN8O6/c1-35(2,3)50-32(46)29(40-20-23-8-10-26(11-9-23)44-12-14-45(15-13-44)34(48)51-36(4,5)6)16-24-17-30(49-7)28(18-27(24)37)42-33(47)43-31-22-39-25(19-38)21-41-31/h8-11,17-18,21-22,29,40H,12-16,20H2,1-7H3,(H2,41,42,43,47). The molecule has 0 spiro atoms. The van der Waals surface area contributed by atoms with E-state index in [1.54, 1.807) is 31.7 Å². The van der Waals surface area contributed by atoms with Crippen LogP contribution in [0.3, 0.4) is 0 Å². The van der Waals surface area contributed by atoms with Crippen molar-refractivity contribution in [2.75, 3.05) is 48.8 Å². The van der Waals surface area contributed by atoms with E-state index < -0.39 is 29.2 Å². The fourth-order valence-electron chi connectivity index (χ4n) is 5.11. The second-order valence-corrected chi connectivity index (χ2v) is 14.3. The van der Waals surface area contributed by atoms with Crippen molar-refractivity contribution in [2.24, 2.45) is 0 Å². The van der Waals surface area contributed by atoms with E-state index in [1.165, 1.54) is 25.6 Å². The summed E-state index contributed by atoms with van der Waals surface area (Å²) in [7, 11) is 1.45. The molecule has 1 atom stereocenters. The maximum atomic E-state index is 13.4. The highest BCUT2D eigenvalue weighted by atomic mass is 35.5. The molecule has 14 nitrogen and oxygen atoms in total. The van der Waals surface area contributed by atoms with Crippen LogP contribution in [0.1, 0.15) is 58.4 Å². The average molecular weight is 721 g/mol. The smallest absolute Gasteiger partial charge is 0.410 e. The van der Waals surface area contributed by atoms with Gasteiger partial charge in [0.15, 0.2) is 11.5 Å². The van der Waals surface area contributed by atoms with Crippen molar-refractivity contribution in [3.63, 3.8) is 0 Å². The maximum Gasteiger partial charge on any atom is 0.410 e. The highest BCUT2D eigenvalue weighted by molar-refractivity contribution is 6.32. The minimum Gasteiger partial charge on any atom is -0.495 e. The summed E-state index contributed by atoms with van der Waals surface area (Å²) in [5.74, 6) is 0.0234. The van der Waals surface area contributed by atoms with Gasteiger partial charge in [0.1, 0.15) is 29.1 Å². The first-order valence-electron chi connectivity index (χ1n) is 16.5. The highest BCUT2D eigenvalue weighted by Gasteiger charge is 2.28. The number of methoxy groups -OCH3 is 1. The van der Waals surface area contributed by atoms with E-state index in [0.29, 0.717) is 54.7 Å². The Morgan fingerprint density at radius 2 is 1.61 bits per heavy atom. The van der Waals surface area contributed by atoms with Crippen LogP contribution in [0.4, 0.5) is 26.8 Å². The van der Waals surface area contributed by atoms with Crippen molar-refractivity contribution in [1.29, 1.82) is 5.26 Å². The van der Waals surface area contributed by atoms with Crippen molar-refractivity contribution < 1.29 is 28.6 Å². The molecule has 0 radical (unpaired) electrons. The number of ether oxygens (including phenoxy) is 3. The van der Waals surface area contributed by atoms with Gasteiger partial charge in [-0.15, -0.1) is 0 Å². The molecule has 3 aromatic rings. The molecule has 1 aliphatic rings. The fraction of sp³-hybridized carbons (Fsp3) is 0.444. The van der Waals surface area contributed by atoms with Crippen LogP contribution in [0, 0.1) is 11.3 Å². The largest absolute Gasteiger partial charge is 0.495 e. The van der Waals surface area contributed by atoms with Gasteiger partial charge >= 0.3 is 18.1 Å². The second-order valence-electron chi connectivity index (χ2n) is 13.9. The lowest BCUT2D eigenvalue weighted by Gasteiger charge is -2.36. The van der Waals surface area contributed by atoms with Crippen molar-refractivity contribution in [3.05, 3.63) is 70.6 Å². The molecule has 2 aromatic carbocycles. The second kappa shape index (κ2) is 16.7. The van der Waals surface area contributed by atoms with E-state index in [0.717, 1.165) is 11.3 Å². The number of urea groups is 1. The summed E-state index contributed by atoms with van der Waals surface area (Å²) >= 11 is 6.69. The van der Waals surface area contributed by atoms with Gasteiger partial charge in [-0.2, -0.15) is 5.26 Å². The lowest BCUT2D eigenvalue weighted by molar-refractivity contribution is -0.157. The van der Waals surface area contributed by atoms with Crippen LogP contribution in [0.25, 0.3) is 0 Å². The number of benzene rings is 2. The zero-order valence-electron chi connectivity index (χ0n) is 30.0. The number of carbonyl (C=O) groups excluding carboxylic acids is 3. The SMILES string of the molecule is COc1cc(CC(NCc2ccc(N3CCN(C(=O)OC(C)(C)C)CC3)cc2)C(=O)OC(C)(C)C)c(Cl)cc1NC(=O)Nc1cnc(C#N)cn1. The highest BCUT2D eigenvalue weighted by Crippen LogP contribution is 2.32. The Bertz CT molecular complexity index is 1720. The molecule has 51 heavy (non-hydrogen) atoms. The van der Waals surface area contributed by atoms with Crippen molar-refractivity contribution in [1.82, 2.24) is 20.2 Å². The number of carbonyl (C=O) groups is 3. The molecule has 1 fully saturated rings. The van der Waals surface area contributed by atoms with Gasteiger partial charge < -0.3 is 34.6 Å². The van der Waals surface area contributed by atoms with Crippen LogP contribution in [0.2, 0.25) is 5.02 Å². The van der Waals surface area contributed by atoms with Crippen molar-refractivity contribution in [2.45, 2.75) is 71.8 Å². The normalized spacial score (nSPS) is 13.9. The zero-order chi connectivity index (χ0) is 37.3. The van der Waals surface area contributed by atoms with Crippen molar-refractivity contribution >= 4 is 46.9 Å². The molecule has 1 saturated heterocycles. The lowest BCUT2D eigenvalue weighted by Crippen LogP contribution is -2.50. The summed E-state index contributed by atoms with van der Waals surface area (Å²) in [6.07, 6.45) is 2.39. The molecule has 0 aliphatic carbocycles. The minimum absolute atomic E-state index is 0.116. The number of aromatic nitrogens is 2. The molecule has 1 unspecified atom stereocenters. The van der Waals surface area contributed by atoms with E-state index in [-0.39, 0.29) is 24.0 Å². The minimum atomic E-state index is -0.760. The number of nitriles is 1. The molecule has 0 bridgehead atoms. The van der Waals surface area contributed by atoms with Gasteiger partial charge in [0.05, 0.1) is 25.2 Å². The third-order valence-electron chi connectivity index (χ3n) is 7.53. The first-order valence-corrected chi connectivity index (χ1v) is 16.9. The van der Waals surface area contributed by atoms with Crippen molar-refractivity contribution in [3.8, 4) is 11.8 Å². The first-order chi connectivity index (χ1) is 24.0. The number of piperazine rings is 1. The Hall–Kier alpha value is -5.13. The van der Waals surface area contributed by atoms with Crippen LogP contribution in [0.5, 0.6) is 5.75 Å². The number of hydrogen-bond donors (Lipinski definition) is 3. The molecular formula is C36H45ClN8O6. The van der Waals surface area contributed by atoms with E-state index in [1.807, 2.05) is 51.1 Å².